The molecule has 1 fully saturated rings. The summed E-state index contributed by atoms with van der Waals surface area (Å²) in [4.78, 5) is 0. The van der Waals surface area contributed by atoms with Crippen molar-refractivity contribution in [2.45, 2.75) is 58.7 Å². The van der Waals surface area contributed by atoms with Gasteiger partial charge in [0.05, 0.1) is 0 Å². The van der Waals surface area contributed by atoms with E-state index in [1.807, 2.05) is 0 Å². The van der Waals surface area contributed by atoms with Crippen LogP contribution in [0.5, 0.6) is 0 Å². The highest BCUT2D eigenvalue weighted by molar-refractivity contribution is 4.94. The van der Waals surface area contributed by atoms with Crippen LogP contribution in [0.2, 0.25) is 0 Å². The molecule has 114 valence electrons. The predicted molar refractivity (Wildman–Crippen MR) is 71.8 cm³/mol. The zero-order valence-electron chi connectivity index (χ0n) is 12.2. The molecule has 0 bridgehead atoms. The minimum absolute atomic E-state index is 0.148. The van der Waals surface area contributed by atoms with Crippen LogP contribution in [0.25, 0.3) is 0 Å². The smallest absolute Gasteiger partial charge is 0.327 e. The summed E-state index contributed by atoms with van der Waals surface area (Å²) in [5.74, 6) is 0.941. The summed E-state index contributed by atoms with van der Waals surface area (Å²) in [6.07, 6.45) is -2.50. The molecule has 0 aromatic carbocycles. The first-order chi connectivity index (χ1) is 8.64. The predicted octanol–water partition coefficient (Wildman–Crippen LogP) is 3.32. The van der Waals surface area contributed by atoms with Gasteiger partial charge in [0, 0.05) is 12.5 Å². The molecule has 3 unspecified atom stereocenters. The first-order valence-corrected chi connectivity index (χ1v) is 7.17. The van der Waals surface area contributed by atoms with Crippen molar-refractivity contribution in [3.8, 4) is 0 Å². The van der Waals surface area contributed by atoms with Crippen LogP contribution in [0.15, 0.2) is 0 Å². The van der Waals surface area contributed by atoms with Crippen LogP contribution >= 0.6 is 0 Å². The van der Waals surface area contributed by atoms with Crippen LogP contribution in [-0.4, -0.2) is 25.3 Å². The minimum atomic E-state index is -4.03. The Labute approximate surface area is 114 Å². The average Bonchev–Trinajstić information content (AvgIpc) is 2.27. The molecule has 3 N–H and O–H groups in total. The van der Waals surface area contributed by atoms with Crippen molar-refractivity contribution in [1.29, 1.82) is 0 Å². The van der Waals surface area contributed by atoms with Crippen molar-refractivity contribution in [3.63, 3.8) is 0 Å². The fourth-order valence-corrected chi connectivity index (χ4v) is 2.99. The van der Waals surface area contributed by atoms with Gasteiger partial charge in [-0.1, -0.05) is 20.8 Å². The molecule has 0 spiro atoms. The highest BCUT2D eigenvalue weighted by Crippen LogP contribution is 2.43. The van der Waals surface area contributed by atoms with Crippen LogP contribution in [0.4, 0.5) is 13.2 Å². The van der Waals surface area contributed by atoms with E-state index in [9.17, 15) is 13.2 Å². The van der Waals surface area contributed by atoms with Gasteiger partial charge in [-0.3, -0.25) is 0 Å². The molecule has 2 nitrogen and oxygen atoms in total. The van der Waals surface area contributed by atoms with Crippen LogP contribution < -0.4 is 11.1 Å². The molecule has 0 saturated heterocycles. The quantitative estimate of drug-likeness (QED) is 0.758. The minimum Gasteiger partial charge on any atom is -0.327 e. The zero-order valence-corrected chi connectivity index (χ0v) is 12.2. The molecular formula is C14H27F3N2. The molecule has 0 radical (unpaired) electrons. The molecule has 0 aromatic rings. The van der Waals surface area contributed by atoms with E-state index in [1.165, 1.54) is 0 Å². The topological polar surface area (TPSA) is 38.0 Å². The number of halogens is 3. The van der Waals surface area contributed by atoms with Crippen LogP contribution in [0.3, 0.4) is 0 Å². The maximum Gasteiger partial charge on any atom is 0.389 e. The fourth-order valence-electron chi connectivity index (χ4n) is 2.99. The molecule has 1 saturated carbocycles. The van der Waals surface area contributed by atoms with Gasteiger partial charge >= 0.3 is 6.18 Å². The maximum absolute atomic E-state index is 12.0. The number of alkyl halides is 3. The largest absolute Gasteiger partial charge is 0.389 e. The van der Waals surface area contributed by atoms with Crippen molar-refractivity contribution in [2.75, 3.05) is 13.1 Å². The molecule has 5 heteroatoms. The van der Waals surface area contributed by atoms with Gasteiger partial charge in [-0.25, -0.2) is 0 Å². The number of nitrogens with one attached hydrogen (secondary N) is 1. The van der Waals surface area contributed by atoms with Crippen molar-refractivity contribution in [2.24, 2.45) is 23.0 Å². The van der Waals surface area contributed by atoms with E-state index >= 15 is 0 Å². The molecule has 0 heterocycles. The van der Waals surface area contributed by atoms with Crippen molar-refractivity contribution >= 4 is 0 Å². The molecule has 3 atom stereocenters. The summed E-state index contributed by atoms with van der Waals surface area (Å²) in [6.45, 7) is 7.85. The van der Waals surface area contributed by atoms with Gasteiger partial charge in [-0.15, -0.1) is 0 Å². The van der Waals surface area contributed by atoms with Crippen molar-refractivity contribution < 1.29 is 13.2 Å². The third kappa shape index (κ3) is 4.95. The van der Waals surface area contributed by atoms with E-state index in [0.717, 1.165) is 19.4 Å². The van der Waals surface area contributed by atoms with Gasteiger partial charge in [-0.05, 0) is 49.6 Å². The van der Waals surface area contributed by atoms with Gasteiger partial charge in [0.15, 0.2) is 0 Å². The molecule has 19 heavy (non-hydrogen) atoms. The Morgan fingerprint density at radius 2 is 1.89 bits per heavy atom. The van der Waals surface area contributed by atoms with Crippen LogP contribution in [0.1, 0.15) is 46.5 Å². The molecule has 1 aliphatic carbocycles. The molecule has 0 amide bonds. The van der Waals surface area contributed by atoms with Crippen molar-refractivity contribution in [1.82, 2.24) is 5.32 Å². The molecular weight excluding hydrogens is 253 g/mol. The second kappa shape index (κ2) is 6.44. The molecule has 1 rings (SSSR count). The standard InChI is InChI=1S/C14H27F3N2/c1-10-12(18)6-5-11(13(10,2)3)9-19-8-4-7-14(15,16)17/h10-12,19H,4-9,18H2,1-3H3. The molecule has 0 aliphatic heterocycles. The van der Waals surface area contributed by atoms with Crippen molar-refractivity contribution in [3.05, 3.63) is 0 Å². The lowest BCUT2D eigenvalue weighted by atomic mass is 9.61. The second-order valence-corrected chi connectivity index (χ2v) is 6.47. The first kappa shape index (κ1) is 16.8. The summed E-state index contributed by atoms with van der Waals surface area (Å²) in [5.41, 5.74) is 6.24. The Morgan fingerprint density at radius 3 is 2.47 bits per heavy atom. The highest BCUT2D eigenvalue weighted by atomic mass is 19.4. The Kier molecular flexibility index (Phi) is 5.68. The lowest BCUT2D eigenvalue weighted by molar-refractivity contribution is -0.135. The summed E-state index contributed by atoms with van der Waals surface area (Å²) < 4.78 is 36.0. The second-order valence-electron chi connectivity index (χ2n) is 6.47. The van der Waals surface area contributed by atoms with Gasteiger partial charge in [0.25, 0.3) is 0 Å². The molecule has 0 aromatic heterocycles. The highest BCUT2D eigenvalue weighted by Gasteiger charge is 2.41. The Bertz CT molecular complexity index is 276. The number of hydrogen-bond acceptors (Lipinski definition) is 2. The average molecular weight is 280 g/mol. The Morgan fingerprint density at radius 1 is 1.26 bits per heavy atom. The van der Waals surface area contributed by atoms with Crippen LogP contribution in [0, 0.1) is 17.3 Å². The van der Waals surface area contributed by atoms with E-state index in [1.54, 1.807) is 0 Å². The first-order valence-electron chi connectivity index (χ1n) is 7.17. The van der Waals surface area contributed by atoms with Gasteiger partial charge < -0.3 is 11.1 Å². The summed E-state index contributed by atoms with van der Waals surface area (Å²) >= 11 is 0. The number of nitrogens with two attached hydrogens (primary N) is 1. The monoisotopic (exact) mass is 280 g/mol. The summed E-state index contributed by atoms with van der Waals surface area (Å²) in [5, 5.41) is 3.18. The third-order valence-corrected chi connectivity index (χ3v) is 4.92. The summed E-state index contributed by atoms with van der Waals surface area (Å²) in [6, 6.07) is 0.247. The third-order valence-electron chi connectivity index (χ3n) is 4.92. The fraction of sp³-hybridized carbons (Fsp3) is 1.00. The summed E-state index contributed by atoms with van der Waals surface area (Å²) in [7, 11) is 0. The van der Waals surface area contributed by atoms with E-state index in [0.29, 0.717) is 18.4 Å². The normalized spacial score (nSPS) is 31.4. The van der Waals surface area contributed by atoms with E-state index in [2.05, 4.69) is 26.1 Å². The van der Waals surface area contributed by atoms with Gasteiger partial charge in [-0.2, -0.15) is 13.2 Å². The molecule has 1 aliphatic rings. The SMILES string of the molecule is CC1C(N)CCC(CNCCCC(F)(F)F)C1(C)C. The Balaban J connectivity index is 2.29. The lowest BCUT2D eigenvalue weighted by Gasteiger charge is -2.47. The zero-order chi connectivity index (χ0) is 14.7. The van der Waals surface area contributed by atoms with E-state index < -0.39 is 12.6 Å². The van der Waals surface area contributed by atoms with Crippen LogP contribution in [-0.2, 0) is 0 Å². The van der Waals surface area contributed by atoms with Gasteiger partial charge in [0.2, 0.25) is 0 Å². The number of hydrogen-bond donors (Lipinski definition) is 2. The van der Waals surface area contributed by atoms with E-state index in [-0.39, 0.29) is 17.9 Å². The maximum atomic E-state index is 12.0. The Hall–Kier alpha value is -0.290. The number of rotatable bonds is 5. The van der Waals surface area contributed by atoms with E-state index in [4.69, 9.17) is 5.73 Å². The lowest BCUT2D eigenvalue weighted by Crippen LogP contribution is -2.49. The van der Waals surface area contributed by atoms with Gasteiger partial charge in [0.1, 0.15) is 0 Å².